The van der Waals surface area contributed by atoms with Crippen LogP contribution in [0.4, 0.5) is 11.4 Å². The Morgan fingerprint density at radius 1 is 0.490 bits per heavy atom. The maximum Gasteiger partial charge on any atom is 0.261 e. The molecule has 4 amide bonds. The maximum atomic E-state index is 13.5. The second-order valence-electron chi connectivity index (χ2n) is 13.3. The third-order valence-corrected chi connectivity index (χ3v) is 10.4. The highest BCUT2D eigenvalue weighted by Gasteiger charge is 2.35. The highest BCUT2D eigenvalue weighted by Crippen LogP contribution is 2.37. The number of imide groups is 2. The molecule has 51 heavy (non-hydrogen) atoms. The van der Waals surface area contributed by atoms with Gasteiger partial charge in [-0.05, 0) is 49.4 Å². The van der Waals surface area contributed by atoms with Crippen molar-refractivity contribution in [3.05, 3.63) is 82.9 Å². The minimum absolute atomic E-state index is 0.253. The first-order chi connectivity index (χ1) is 25.0. The van der Waals surface area contributed by atoms with Gasteiger partial charge in [-0.15, -0.1) is 0 Å². The second-order valence-corrected chi connectivity index (χ2v) is 13.3. The van der Waals surface area contributed by atoms with Gasteiger partial charge in [0.15, 0.2) is 0 Å². The van der Waals surface area contributed by atoms with Crippen molar-refractivity contribution < 1.29 is 28.7 Å². The molecular weight excluding hydrogens is 648 g/mol. The van der Waals surface area contributed by atoms with Crippen LogP contribution < -0.4 is 20.4 Å². The Balaban J connectivity index is 0.805. The molecule has 0 bridgehead atoms. The number of hydrogen-bond donors (Lipinski definition) is 2. The van der Waals surface area contributed by atoms with Gasteiger partial charge in [-0.2, -0.15) is 0 Å². The molecule has 4 aliphatic heterocycles. The van der Waals surface area contributed by atoms with Gasteiger partial charge < -0.3 is 29.9 Å². The van der Waals surface area contributed by atoms with Crippen molar-refractivity contribution in [1.82, 2.24) is 20.4 Å². The molecule has 2 N–H and O–H groups in total. The van der Waals surface area contributed by atoms with Crippen LogP contribution >= 0.6 is 0 Å². The fraction of sp³-hybridized carbons (Fsp3) is 0.385. The highest BCUT2D eigenvalue weighted by atomic mass is 16.5. The largest absolute Gasteiger partial charge is 0.378 e. The summed E-state index contributed by atoms with van der Waals surface area (Å²) in [5.41, 5.74) is 4.30. The summed E-state index contributed by atoms with van der Waals surface area (Å²) >= 11 is 0. The zero-order chi connectivity index (χ0) is 34.9. The Kier molecular flexibility index (Phi) is 9.39. The minimum Gasteiger partial charge on any atom is -0.378 e. The zero-order valence-corrected chi connectivity index (χ0v) is 28.6. The average molecular weight is 691 g/mol. The van der Waals surface area contributed by atoms with Crippen molar-refractivity contribution >= 4 is 56.5 Å². The summed E-state index contributed by atoms with van der Waals surface area (Å²) in [5, 5.41) is 10.0. The molecule has 0 saturated carbocycles. The molecule has 4 heterocycles. The number of hydrogen-bond acceptors (Lipinski definition) is 10. The quantitative estimate of drug-likeness (QED) is 0.169. The summed E-state index contributed by atoms with van der Waals surface area (Å²) in [7, 11) is 0. The highest BCUT2D eigenvalue weighted by molar-refractivity contribution is 6.28. The van der Waals surface area contributed by atoms with E-state index in [4.69, 9.17) is 9.47 Å². The van der Waals surface area contributed by atoms with Gasteiger partial charge in [0.05, 0.1) is 26.4 Å². The van der Waals surface area contributed by atoms with Gasteiger partial charge >= 0.3 is 0 Å². The lowest BCUT2D eigenvalue weighted by Gasteiger charge is -2.32. The topological polar surface area (TPSA) is 124 Å². The van der Waals surface area contributed by atoms with Gasteiger partial charge in [0, 0.05) is 114 Å². The Labute approximate surface area is 296 Å². The van der Waals surface area contributed by atoms with Gasteiger partial charge in [-0.3, -0.25) is 29.0 Å². The summed E-state index contributed by atoms with van der Waals surface area (Å²) in [6, 6.07) is 19.1. The molecule has 4 aromatic carbocycles. The van der Waals surface area contributed by atoms with Gasteiger partial charge in [-0.1, -0.05) is 24.3 Å². The van der Waals surface area contributed by atoms with E-state index in [9.17, 15) is 19.2 Å². The Morgan fingerprint density at radius 2 is 0.922 bits per heavy atom. The molecule has 8 rings (SSSR count). The van der Waals surface area contributed by atoms with Crippen molar-refractivity contribution in [3.63, 3.8) is 0 Å². The van der Waals surface area contributed by atoms with Crippen LogP contribution in [-0.2, 0) is 9.47 Å². The molecule has 0 radical (unpaired) electrons. The number of benzene rings is 4. The molecule has 0 atom stereocenters. The number of nitrogens with one attached hydrogen (secondary N) is 2. The van der Waals surface area contributed by atoms with Crippen molar-refractivity contribution in [2.24, 2.45) is 0 Å². The van der Waals surface area contributed by atoms with E-state index in [2.05, 4.69) is 20.4 Å². The van der Waals surface area contributed by atoms with Crippen LogP contribution in [0.5, 0.6) is 0 Å². The van der Waals surface area contributed by atoms with Crippen LogP contribution in [0.3, 0.4) is 0 Å². The summed E-state index contributed by atoms with van der Waals surface area (Å²) < 4.78 is 11.0. The van der Waals surface area contributed by atoms with E-state index in [-0.39, 0.29) is 30.2 Å². The summed E-state index contributed by atoms with van der Waals surface area (Å²) in [6.07, 6.45) is 0.615. The monoisotopic (exact) mass is 690 g/mol. The van der Waals surface area contributed by atoms with Crippen LogP contribution in [0.1, 0.15) is 47.9 Å². The lowest BCUT2D eigenvalue weighted by atomic mass is 9.92. The van der Waals surface area contributed by atoms with Crippen LogP contribution in [0, 0.1) is 0 Å². The van der Waals surface area contributed by atoms with Gasteiger partial charge in [0.1, 0.15) is 0 Å². The predicted octanol–water partition coefficient (Wildman–Crippen LogP) is 3.13. The maximum absolute atomic E-state index is 13.5. The molecule has 0 aliphatic carbocycles. The summed E-state index contributed by atoms with van der Waals surface area (Å²) in [5.74, 6) is -1.04. The number of nitrogens with zero attached hydrogens (tertiary/aromatic N) is 4. The van der Waals surface area contributed by atoms with Crippen LogP contribution in [0.25, 0.3) is 21.5 Å². The van der Waals surface area contributed by atoms with E-state index in [1.165, 1.54) is 9.80 Å². The molecule has 4 aromatic rings. The molecule has 264 valence electrons. The number of morpholine rings is 2. The average Bonchev–Trinajstić information content (AvgIpc) is 3.17. The SMILES string of the molecule is O=C1c2cccc3c(N4CCOCC4)ccc(c23)C(=O)N1CCCNCCNCCN1C(=O)c2cccc3c(N4CCOCC4)ccc(c23)C1=O. The van der Waals surface area contributed by atoms with E-state index in [0.29, 0.717) is 87.8 Å². The number of carbonyl (C=O) groups is 4. The Morgan fingerprint density at radius 3 is 1.41 bits per heavy atom. The second kappa shape index (κ2) is 14.4. The van der Waals surface area contributed by atoms with Crippen molar-refractivity contribution in [3.8, 4) is 0 Å². The number of ether oxygens (including phenoxy) is 2. The first-order valence-corrected chi connectivity index (χ1v) is 17.9. The van der Waals surface area contributed by atoms with E-state index in [1.807, 2.05) is 54.6 Å². The first kappa shape index (κ1) is 33.3. The van der Waals surface area contributed by atoms with Crippen molar-refractivity contribution in [2.45, 2.75) is 6.42 Å². The predicted molar refractivity (Wildman–Crippen MR) is 195 cm³/mol. The Hall–Kier alpha value is -4.88. The number of amides is 4. The molecular formula is C39H42N6O6. The number of carbonyl (C=O) groups excluding carboxylic acids is 4. The fourth-order valence-corrected chi connectivity index (χ4v) is 7.81. The van der Waals surface area contributed by atoms with Gasteiger partial charge in [-0.25, -0.2) is 0 Å². The molecule has 2 fully saturated rings. The lowest BCUT2D eigenvalue weighted by Crippen LogP contribution is -2.44. The molecule has 12 heteroatoms. The lowest BCUT2D eigenvalue weighted by molar-refractivity contribution is 0.0595. The van der Waals surface area contributed by atoms with Crippen LogP contribution in [-0.4, -0.2) is 125 Å². The summed E-state index contributed by atoms with van der Waals surface area (Å²) in [4.78, 5) is 61.2. The zero-order valence-electron chi connectivity index (χ0n) is 28.6. The number of rotatable bonds is 12. The standard InChI is InChI=1S/C39H42N6O6/c46-36-28-6-1-4-26-32(42-18-22-50-23-19-42)10-8-30(34(26)28)38(48)44(36)16-3-12-40-13-14-41-15-17-45-37(47)29-7-2-5-27-33(43-20-24-51-25-21-43)11-9-31(35(27)29)39(45)49/h1-2,4-11,40-41H,3,12-25H2. The van der Waals surface area contributed by atoms with Gasteiger partial charge in [0.2, 0.25) is 0 Å². The molecule has 2 saturated heterocycles. The molecule has 4 aliphatic rings. The van der Waals surface area contributed by atoms with Crippen LogP contribution in [0.15, 0.2) is 60.7 Å². The first-order valence-electron chi connectivity index (χ1n) is 17.9. The number of anilines is 2. The van der Waals surface area contributed by atoms with E-state index < -0.39 is 0 Å². The van der Waals surface area contributed by atoms with Crippen LogP contribution in [0.2, 0.25) is 0 Å². The summed E-state index contributed by atoms with van der Waals surface area (Å²) in [6.45, 7) is 8.68. The van der Waals surface area contributed by atoms with Gasteiger partial charge in [0.25, 0.3) is 23.6 Å². The smallest absolute Gasteiger partial charge is 0.261 e. The third-order valence-electron chi connectivity index (χ3n) is 10.4. The molecule has 0 spiro atoms. The molecule has 0 unspecified atom stereocenters. The molecule has 12 nitrogen and oxygen atoms in total. The third kappa shape index (κ3) is 6.12. The van der Waals surface area contributed by atoms with Crippen molar-refractivity contribution in [1.29, 1.82) is 0 Å². The van der Waals surface area contributed by atoms with E-state index in [0.717, 1.165) is 59.1 Å². The fourth-order valence-electron chi connectivity index (χ4n) is 7.81. The molecule has 0 aromatic heterocycles. The Bertz CT molecular complexity index is 1830. The normalized spacial score (nSPS) is 17.7. The van der Waals surface area contributed by atoms with Crippen molar-refractivity contribution in [2.75, 3.05) is 102 Å². The van der Waals surface area contributed by atoms with E-state index in [1.54, 1.807) is 6.07 Å². The van der Waals surface area contributed by atoms with E-state index >= 15 is 0 Å². The minimum atomic E-state index is -0.268.